The molecule has 0 aliphatic heterocycles. The van der Waals surface area contributed by atoms with Gasteiger partial charge in [-0.1, -0.05) is 12.1 Å². The van der Waals surface area contributed by atoms with Crippen molar-refractivity contribution in [2.24, 2.45) is 0 Å². The van der Waals surface area contributed by atoms with Gasteiger partial charge in [0.15, 0.2) is 5.82 Å². The number of carbonyl (C=O) groups is 1. The van der Waals surface area contributed by atoms with Crippen molar-refractivity contribution >= 4 is 39.3 Å². The number of tetrazole rings is 1. The lowest BCUT2D eigenvalue weighted by Crippen LogP contribution is -2.13. The zero-order valence-electron chi connectivity index (χ0n) is 13.8. The Bertz CT molecular complexity index is 933. The van der Waals surface area contributed by atoms with Gasteiger partial charge in [0.25, 0.3) is 0 Å². The number of hydrogen-bond acceptors (Lipinski definition) is 5. The lowest BCUT2D eigenvalue weighted by Gasteiger charge is -2.09. The van der Waals surface area contributed by atoms with Crippen molar-refractivity contribution in [3.05, 3.63) is 58.6 Å². The van der Waals surface area contributed by atoms with Crippen LogP contribution in [0.4, 0.5) is 10.1 Å². The van der Waals surface area contributed by atoms with E-state index in [4.69, 9.17) is 0 Å². The second-order valence-electron chi connectivity index (χ2n) is 5.38. The highest BCUT2D eigenvalue weighted by molar-refractivity contribution is 9.10. The van der Waals surface area contributed by atoms with Crippen LogP contribution in [0.2, 0.25) is 0 Å². The first-order valence-electron chi connectivity index (χ1n) is 7.76. The van der Waals surface area contributed by atoms with Crippen LogP contribution in [0.25, 0.3) is 5.69 Å². The largest absolute Gasteiger partial charge is 0.326 e. The third-order valence-corrected chi connectivity index (χ3v) is 5.54. The molecule has 6 nitrogen and oxygen atoms in total. The Balaban J connectivity index is 1.61. The molecule has 9 heteroatoms. The lowest BCUT2D eigenvalue weighted by atomic mass is 10.2. The SMILES string of the molecule is Cc1nnnn1-c1cc(NC(=O)CCSc2ccccc2Br)ccc1F. The molecule has 0 fully saturated rings. The second-order valence-corrected chi connectivity index (χ2v) is 7.37. The van der Waals surface area contributed by atoms with Crippen LogP contribution in [0, 0.1) is 12.7 Å². The molecule has 134 valence electrons. The highest BCUT2D eigenvalue weighted by Crippen LogP contribution is 2.27. The summed E-state index contributed by atoms with van der Waals surface area (Å²) in [4.78, 5) is 13.2. The van der Waals surface area contributed by atoms with Crippen LogP contribution in [0.1, 0.15) is 12.2 Å². The summed E-state index contributed by atoms with van der Waals surface area (Å²) in [5, 5.41) is 13.8. The molecule has 1 aromatic heterocycles. The molecule has 0 unspecified atom stereocenters. The number of anilines is 1. The number of aryl methyl sites for hydroxylation is 1. The topological polar surface area (TPSA) is 72.7 Å². The molecule has 0 saturated heterocycles. The summed E-state index contributed by atoms with van der Waals surface area (Å²) in [6, 6.07) is 12.2. The van der Waals surface area contributed by atoms with E-state index in [1.54, 1.807) is 18.7 Å². The monoisotopic (exact) mass is 435 g/mol. The molecule has 0 radical (unpaired) electrons. The second kappa shape index (κ2) is 8.41. The summed E-state index contributed by atoms with van der Waals surface area (Å²) >= 11 is 5.07. The fraction of sp³-hybridized carbons (Fsp3) is 0.176. The third kappa shape index (κ3) is 4.47. The first-order chi connectivity index (χ1) is 12.5. The van der Waals surface area contributed by atoms with Gasteiger partial charge >= 0.3 is 0 Å². The van der Waals surface area contributed by atoms with Gasteiger partial charge in [0.1, 0.15) is 11.5 Å². The minimum Gasteiger partial charge on any atom is -0.326 e. The van der Waals surface area contributed by atoms with Crippen molar-refractivity contribution in [3.8, 4) is 5.69 Å². The zero-order chi connectivity index (χ0) is 18.5. The van der Waals surface area contributed by atoms with Gasteiger partial charge in [-0.05, 0) is 63.6 Å². The van der Waals surface area contributed by atoms with Gasteiger partial charge < -0.3 is 5.32 Å². The summed E-state index contributed by atoms with van der Waals surface area (Å²) < 4.78 is 16.3. The Hall–Kier alpha value is -2.26. The summed E-state index contributed by atoms with van der Waals surface area (Å²) in [5.74, 6) is 0.477. The van der Waals surface area contributed by atoms with Gasteiger partial charge in [-0.25, -0.2) is 4.39 Å². The molecule has 0 atom stereocenters. The van der Waals surface area contributed by atoms with E-state index >= 15 is 0 Å². The van der Waals surface area contributed by atoms with E-state index in [0.717, 1.165) is 9.37 Å². The van der Waals surface area contributed by atoms with E-state index < -0.39 is 5.82 Å². The smallest absolute Gasteiger partial charge is 0.225 e. The average molecular weight is 436 g/mol. The van der Waals surface area contributed by atoms with Crippen LogP contribution in [-0.2, 0) is 4.79 Å². The van der Waals surface area contributed by atoms with E-state index in [1.807, 2.05) is 24.3 Å². The third-order valence-electron chi connectivity index (χ3n) is 3.51. The molecular weight excluding hydrogens is 421 g/mol. The normalized spacial score (nSPS) is 10.7. The van der Waals surface area contributed by atoms with E-state index in [9.17, 15) is 9.18 Å². The molecule has 0 aliphatic rings. The van der Waals surface area contributed by atoms with Crippen LogP contribution in [0.15, 0.2) is 51.8 Å². The lowest BCUT2D eigenvalue weighted by molar-refractivity contribution is -0.115. The number of carbonyl (C=O) groups excluding carboxylic acids is 1. The summed E-state index contributed by atoms with van der Waals surface area (Å²) in [7, 11) is 0. The predicted molar refractivity (Wildman–Crippen MR) is 102 cm³/mol. The average Bonchev–Trinajstić information content (AvgIpc) is 3.04. The van der Waals surface area contributed by atoms with Gasteiger partial charge in [-0.2, -0.15) is 4.68 Å². The van der Waals surface area contributed by atoms with Gasteiger partial charge in [0.2, 0.25) is 5.91 Å². The van der Waals surface area contributed by atoms with Crippen molar-refractivity contribution in [3.63, 3.8) is 0 Å². The van der Waals surface area contributed by atoms with Gasteiger partial charge in [-0.3, -0.25) is 4.79 Å². The van der Waals surface area contributed by atoms with E-state index in [-0.39, 0.29) is 11.6 Å². The van der Waals surface area contributed by atoms with E-state index in [2.05, 4.69) is 36.8 Å². The fourth-order valence-electron chi connectivity index (χ4n) is 2.25. The number of nitrogens with zero attached hydrogens (tertiary/aromatic N) is 4. The number of rotatable bonds is 6. The highest BCUT2D eigenvalue weighted by atomic mass is 79.9. The molecule has 1 amide bonds. The number of aromatic nitrogens is 4. The standard InChI is InChI=1S/C17H15BrFN5OS/c1-11-21-22-23-24(11)15-10-12(6-7-14(15)19)20-17(25)8-9-26-16-5-3-2-4-13(16)18/h2-7,10H,8-9H2,1H3,(H,20,25). The molecule has 0 spiro atoms. The fourth-order valence-corrected chi connectivity index (χ4v) is 3.76. The first-order valence-corrected chi connectivity index (χ1v) is 9.54. The predicted octanol–water partition coefficient (Wildman–Crippen LogP) is 3.99. The van der Waals surface area contributed by atoms with Crippen LogP contribution < -0.4 is 5.32 Å². The van der Waals surface area contributed by atoms with Crippen LogP contribution in [0.5, 0.6) is 0 Å². The van der Waals surface area contributed by atoms with Crippen molar-refractivity contribution < 1.29 is 9.18 Å². The minimum absolute atomic E-state index is 0.143. The van der Waals surface area contributed by atoms with E-state index in [1.165, 1.54) is 22.9 Å². The molecular formula is C17H15BrFN5OS. The molecule has 1 heterocycles. The minimum atomic E-state index is -0.470. The van der Waals surface area contributed by atoms with Gasteiger partial charge in [0, 0.05) is 27.2 Å². The van der Waals surface area contributed by atoms with Gasteiger partial charge in [-0.15, -0.1) is 16.9 Å². The summed E-state index contributed by atoms with van der Waals surface area (Å²) in [6.45, 7) is 1.67. The van der Waals surface area contributed by atoms with Crippen molar-refractivity contribution in [2.75, 3.05) is 11.1 Å². The Labute approximate surface area is 162 Å². The van der Waals surface area contributed by atoms with Crippen LogP contribution in [-0.4, -0.2) is 31.9 Å². The summed E-state index contributed by atoms with van der Waals surface area (Å²) in [6.07, 6.45) is 0.336. The number of nitrogens with one attached hydrogen (secondary N) is 1. The number of benzene rings is 2. The molecule has 2 aromatic carbocycles. The zero-order valence-corrected chi connectivity index (χ0v) is 16.2. The molecule has 0 saturated carbocycles. The quantitative estimate of drug-likeness (QED) is 0.592. The van der Waals surface area contributed by atoms with Crippen LogP contribution in [0.3, 0.4) is 0 Å². The number of halogens is 2. The Kier molecular flexibility index (Phi) is 6.00. The highest BCUT2D eigenvalue weighted by Gasteiger charge is 2.12. The molecule has 1 N–H and O–H groups in total. The first kappa shape index (κ1) is 18.5. The molecule has 0 aliphatic carbocycles. The Morgan fingerprint density at radius 2 is 2.12 bits per heavy atom. The molecule has 26 heavy (non-hydrogen) atoms. The van der Waals surface area contributed by atoms with Gasteiger partial charge in [0.05, 0.1) is 0 Å². The maximum atomic E-state index is 14.0. The van der Waals surface area contributed by atoms with Crippen LogP contribution >= 0.6 is 27.7 Å². The number of amides is 1. The van der Waals surface area contributed by atoms with Crippen molar-refractivity contribution in [2.45, 2.75) is 18.2 Å². The molecule has 3 aromatic rings. The van der Waals surface area contributed by atoms with Crippen molar-refractivity contribution in [1.29, 1.82) is 0 Å². The maximum Gasteiger partial charge on any atom is 0.225 e. The molecule has 0 bridgehead atoms. The maximum absolute atomic E-state index is 14.0. The number of hydrogen-bond donors (Lipinski definition) is 1. The molecule has 3 rings (SSSR count). The Morgan fingerprint density at radius 3 is 2.85 bits per heavy atom. The van der Waals surface area contributed by atoms with E-state index in [0.29, 0.717) is 23.7 Å². The summed E-state index contributed by atoms with van der Waals surface area (Å²) in [5.41, 5.74) is 0.681. The number of thioether (sulfide) groups is 1. The Morgan fingerprint density at radius 1 is 1.31 bits per heavy atom. The van der Waals surface area contributed by atoms with Crippen molar-refractivity contribution in [1.82, 2.24) is 20.2 Å².